The summed E-state index contributed by atoms with van der Waals surface area (Å²) in [5.74, 6) is 0.816. The quantitative estimate of drug-likeness (QED) is 0.909. The van der Waals surface area contributed by atoms with Gasteiger partial charge in [-0.15, -0.1) is 0 Å². The highest BCUT2D eigenvalue weighted by Crippen LogP contribution is 2.34. The van der Waals surface area contributed by atoms with Crippen LogP contribution in [-0.4, -0.2) is 23.5 Å². The highest BCUT2D eigenvalue weighted by Gasteiger charge is 2.14. The highest BCUT2D eigenvalue weighted by atomic mass is 32.2. The van der Waals surface area contributed by atoms with Crippen molar-refractivity contribution >= 4 is 22.7 Å². The molecule has 3 rings (SSSR count). The van der Waals surface area contributed by atoms with E-state index >= 15 is 0 Å². The normalized spacial score (nSPS) is 13.6. The molecular weight excluding hydrogens is 318 g/mol. The van der Waals surface area contributed by atoms with Crippen LogP contribution in [0.5, 0.6) is 11.5 Å². The molecular formula is C16H15NO5S. The van der Waals surface area contributed by atoms with Crippen LogP contribution in [0.25, 0.3) is 0 Å². The molecule has 0 bridgehead atoms. The fourth-order valence-electron chi connectivity index (χ4n) is 2.00. The Bertz CT molecular complexity index is 745. The van der Waals surface area contributed by atoms with E-state index in [2.05, 4.69) is 5.32 Å². The lowest BCUT2D eigenvalue weighted by Crippen LogP contribution is -2.19. The SMILES string of the molecule is Cc1ccc(S(=O)OCC(=O)Nc2ccc3c(c2)OCO3)cc1. The zero-order valence-corrected chi connectivity index (χ0v) is 13.2. The van der Waals surface area contributed by atoms with Crippen molar-refractivity contribution in [3.8, 4) is 11.5 Å². The fourth-order valence-corrected chi connectivity index (χ4v) is 2.70. The topological polar surface area (TPSA) is 73.9 Å². The van der Waals surface area contributed by atoms with Crippen molar-refractivity contribution in [2.24, 2.45) is 0 Å². The molecule has 0 spiro atoms. The number of nitrogens with one attached hydrogen (secondary N) is 1. The number of carbonyl (C=O) groups excluding carboxylic acids is 1. The van der Waals surface area contributed by atoms with Gasteiger partial charge in [0.2, 0.25) is 6.79 Å². The zero-order valence-electron chi connectivity index (χ0n) is 12.4. The van der Waals surface area contributed by atoms with Crippen LogP contribution in [-0.2, 0) is 20.1 Å². The van der Waals surface area contributed by atoms with E-state index in [1.54, 1.807) is 30.3 Å². The summed E-state index contributed by atoms with van der Waals surface area (Å²) in [6.07, 6.45) is 0. The first-order chi connectivity index (χ1) is 11.1. The minimum atomic E-state index is -1.68. The van der Waals surface area contributed by atoms with Gasteiger partial charge < -0.3 is 14.8 Å². The first-order valence-corrected chi connectivity index (χ1v) is 8.00. The number of ether oxygens (including phenoxy) is 2. The second kappa shape index (κ2) is 6.80. The molecule has 0 radical (unpaired) electrons. The van der Waals surface area contributed by atoms with E-state index < -0.39 is 17.0 Å². The average Bonchev–Trinajstić information content (AvgIpc) is 3.01. The van der Waals surface area contributed by atoms with Crippen LogP contribution in [0.3, 0.4) is 0 Å². The van der Waals surface area contributed by atoms with Gasteiger partial charge in [-0.3, -0.25) is 8.98 Å². The largest absolute Gasteiger partial charge is 0.454 e. The van der Waals surface area contributed by atoms with E-state index in [1.165, 1.54) is 0 Å². The lowest BCUT2D eigenvalue weighted by molar-refractivity contribution is -0.117. The van der Waals surface area contributed by atoms with Crippen LogP contribution in [0.4, 0.5) is 5.69 Å². The summed E-state index contributed by atoms with van der Waals surface area (Å²) in [7, 11) is 0. The molecule has 2 aromatic carbocycles. The summed E-state index contributed by atoms with van der Waals surface area (Å²) in [5.41, 5.74) is 1.62. The molecule has 1 atom stereocenters. The molecule has 0 fully saturated rings. The van der Waals surface area contributed by atoms with Crippen molar-refractivity contribution in [3.05, 3.63) is 48.0 Å². The highest BCUT2D eigenvalue weighted by molar-refractivity contribution is 7.80. The Kier molecular flexibility index (Phi) is 4.59. The molecule has 6 nitrogen and oxygen atoms in total. The van der Waals surface area contributed by atoms with Gasteiger partial charge >= 0.3 is 0 Å². The predicted octanol–water partition coefficient (Wildman–Crippen LogP) is 2.40. The van der Waals surface area contributed by atoms with Gasteiger partial charge in [-0.2, -0.15) is 0 Å². The molecule has 1 N–H and O–H groups in total. The average molecular weight is 333 g/mol. The van der Waals surface area contributed by atoms with Crippen LogP contribution >= 0.6 is 0 Å². The van der Waals surface area contributed by atoms with Gasteiger partial charge in [0, 0.05) is 11.8 Å². The molecule has 2 aromatic rings. The minimum Gasteiger partial charge on any atom is -0.454 e. The van der Waals surface area contributed by atoms with Crippen LogP contribution in [0.2, 0.25) is 0 Å². The van der Waals surface area contributed by atoms with Gasteiger partial charge in [-0.05, 0) is 31.2 Å². The van der Waals surface area contributed by atoms with Crippen molar-refractivity contribution in [2.45, 2.75) is 11.8 Å². The molecule has 0 saturated heterocycles. The lowest BCUT2D eigenvalue weighted by atomic mass is 10.2. The minimum absolute atomic E-state index is 0.172. The monoisotopic (exact) mass is 333 g/mol. The maximum absolute atomic E-state index is 11.9. The van der Waals surface area contributed by atoms with E-state index in [-0.39, 0.29) is 13.4 Å². The third kappa shape index (κ3) is 3.88. The van der Waals surface area contributed by atoms with Gasteiger partial charge in [-0.25, -0.2) is 4.21 Å². The Balaban J connectivity index is 1.53. The number of carbonyl (C=O) groups is 1. The first kappa shape index (κ1) is 15.5. The van der Waals surface area contributed by atoms with Gasteiger partial charge in [-0.1, -0.05) is 17.7 Å². The molecule has 120 valence electrons. The number of amides is 1. The van der Waals surface area contributed by atoms with Crippen molar-refractivity contribution in [3.63, 3.8) is 0 Å². The molecule has 0 saturated carbocycles. The number of aryl methyl sites for hydroxylation is 1. The van der Waals surface area contributed by atoms with E-state index in [4.69, 9.17) is 13.7 Å². The molecule has 1 heterocycles. The van der Waals surface area contributed by atoms with E-state index in [1.807, 2.05) is 19.1 Å². The van der Waals surface area contributed by atoms with Crippen molar-refractivity contribution in [2.75, 3.05) is 18.7 Å². The number of rotatable bonds is 5. The Morgan fingerprint density at radius 2 is 1.91 bits per heavy atom. The Hall–Kier alpha value is -2.38. The van der Waals surface area contributed by atoms with Crippen LogP contribution in [0.1, 0.15) is 5.56 Å². The van der Waals surface area contributed by atoms with E-state index in [0.717, 1.165) is 5.56 Å². The van der Waals surface area contributed by atoms with Gasteiger partial charge in [0.25, 0.3) is 5.91 Å². The Labute approximate surface area is 136 Å². The molecule has 7 heteroatoms. The molecule has 1 aliphatic rings. The van der Waals surface area contributed by atoms with Crippen LogP contribution in [0, 0.1) is 6.92 Å². The van der Waals surface area contributed by atoms with Gasteiger partial charge in [0.15, 0.2) is 22.6 Å². The van der Waals surface area contributed by atoms with Crippen molar-refractivity contribution < 1.29 is 22.7 Å². The summed E-state index contributed by atoms with van der Waals surface area (Å²) in [6.45, 7) is 1.80. The Morgan fingerprint density at radius 1 is 1.17 bits per heavy atom. The molecule has 1 aliphatic heterocycles. The summed E-state index contributed by atoms with van der Waals surface area (Å²) in [4.78, 5) is 12.4. The Morgan fingerprint density at radius 3 is 2.70 bits per heavy atom. The van der Waals surface area contributed by atoms with Crippen molar-refractivity contribution in [1.29, 1.82) is 0 Å². The molecule has 0 aliphatic carbocycles. The second-order valence-corrected chi connectivity index (χ2v) is 6.10. The number of hydrogen-bond acceptors (Lipinski definition) is 5. The maximum Gasteiger partial charge on any atom is 0.251 e. The third-order valence-corrected chi connectivity index (χ3v) is 4.16. The maximum atomic E-state index is 11.9. The number of benzene rings is 2. The number of fused-ring (bicyclic) bond motifs is 1. The van der Waals surface area contributed by atoms with Crippen molar-refractivity contribution in [1.82, 2.24) is 0 Å². The number of anilines is 1. The lowest BCUT2D eigenvalue weighted by Gasteiger charge is -2.07. The first-order valence-electron chi connectivity index (χ1n) is 6.93. The molecule has 1 amide bonds. The molecule has 0 aromatic heterocycles. The fraction of sp³-hybridized carbons (Fsp3) is 0.188. The van der Waals surface area contributed by atoms with E-state index in [0.29, 0.717) is 22.1 Å². The van der Waals surface area contributed by atoms with Gasteiger partial charge in [0.05, 0.1) is 4.90 Å². The smallest absolute Gasteiger partial charge is 0.251 e. The van der Waals surface area contributed by atoms with Crippen LogP contribution in [0.15, 0.2) is 47.4 Å². The predicted molar refractivity (Wildman–Crippen MR) is 84.7 cm³/mol. The zero-order chi connectivity index (χ0) is 16.2. The second-order valence-electron chi connectivity index (χ2n) is 4.93. The summed E-state index contributed by atoms with van der Waals surface area (Å²) in [6, 6.07) is 12.2. The molecule has 1 unspecified atom stereocenters. The summed E-state index contributed by atoms with van der Waals surface area (Å²) >= 11 is -1.68. The molecule has 23 heavy (non-hydrogen) atoms. The standard InChI is InChI=1S/C16H15NO5S/c1-11-2-5-13(6-3-11)23(19)22-9-16(18)17-12-4-7-14-15(8-12)21-10-20-14/h2-8H,9-10H2,1H3,(H,17,18). The number of hydrogen-bond donors (Lipinski definition) is 1. The summed E-state index contributed by atoms with van der Waals surface area (Å²) in [5, 5.41) is 2.65. The third-order valence-electron chi connectivity index (χ3n) is 3.17. The van der Waals surface area contributed by atoms with Crippen LogP contribution < -0.4 is 14.8 Å². The summed E-state index contributed by atoms with van der Waals surface area (Å²) < 4.78 is 27.5. The van der Waals surface area contributed by atoms with E-state index in [9.17, 15) is 9.00 Å². The van der Waals surface area contributed by atoms with Gasteiger partial charge in [0.1, 0.15) is 6.61 Å².